The highest BCUT2D eigenvalue weighted by molar-refractivity contribution is 6.00. The number of carbonyl (C=O) groups excluding carboxylic acids is 2. The topological polar surface area (TPSA) is 76.7 Å². The first kappa shape index (κ1) is 17.3. The smallest absolute Gasteiger partial charge is 0.228 e. The molecule has 1 saturated carbocycles. The molecule has 2 N–H and O–H groups in total. The molecule has 126 valence electrons. The normalized spacial score (nSPS) is 19.0. The second kappa shape index (κ2) is 8.53. The van der Waals surface area contributed by atoms with Crippen LogP contribution in [0.15, 0.2) is 24.3 Å². The summed E-state index contributed by atoms with van der Waals surface area (Å²) in [5, 5.41) is 5.69. The fourth-order valence-electron chi connectivity index (χ4n) is 2.41. The third-order valence-electron chi connectivity index (χ3n) is 3.73. The molecule has 1 aliphatic rings. The summed E-state index contributed by atoms with van der Waals surface area (Å²) >= 11 is 0. The first-order valence-electron chi connectivity index (χ1n) is 7.96. The second-order valence-corrected chi connectivity index (χ2v) is 5.50. The number of ether oxygens (including phenoxy) is 2. The molecule has 2 rings (SSSR count). The molecule has 6 heteroatoms. The van der Waals surface area contributed by atoms with Crippen molar-refractivity contribution in [2.45, 2.75) is 19.8 Å². The number of nitrogens with one attached hydrogen (secondary N) is 2. The molecular formula is C17H24N2O4. The fourth-order valence-corrected chi connectivity index (χ4v) is 2.41. The van der Waals surface area contributed by atoms with Gasteiger partial charge in [-0.15, -0.1) is 0 Å². The molecule has 0 bridgehead atoms. The highest BCUT2D eigenvalue weighted by atomic mass is 16.5. The van der Waals surface area contributed by atoms with Gasteiger partial charge < -0.3 is 20.1 Å². The number of carbonyl (C=O) groups is 2. The van der Waals surface area contributed by atoms with E-state index in [9.17, 15) is 9.59 Å². The highest BCUT2D eigenvalue weighted by Crippen LogP contribution is 2.40. The highest BCUT2D eigenvalue weighted by Gasteiger charge is 2.47. The molecule has 0 saturated heterocycles. The number of methoxy groups -OCH3 is 1. The van der Waals surface area contributed by atoms with Gasteiger partial charge in [0.2, 0.25) is 11.8 Å². The maximum atomic E-state index is 12.3. The molecule has 0 spiro atoms. The molecule has 23 heavy (non-hydrogen) atoms. The molecular weight excluding hydrogens is 296 g/mol. The molecule has 1 aromatic carbocycles. The molecule has 1 aliphatic carbocycles. The van der Waals surface area contributed by atoms with E-state index in [2.05, 4.69) is 10.6 Å². The van der Waals surface area contributed by atoms with Gasteiger partial charge in [-0.2, -0.15) is 0 Å². The number of para-hydroxylation sites is 2. The van der Waals surface area contributed by atoms with Crippen molar-refractivity contribution in [1.29, 1.82) is 0 Å². The van der Waals surface area contributed by atoms with Gasteiger partial charge in [-0.25, -0.2) is 0 Å². The molecule has 0 aromatic heterocycles. The summed E-state index contributed by atoms with van der Waals surface area (Å²) in [5.41, 5.74) is 0.644. The van der Waals surface area contributed by atoms with E-state index in [1.165, 1.54) is 0 Å². The molecule has 6 nitrogen and oxygen atoms in total. The fraction of sp³-hybridized carbons (Fsp3) is 0.529. The van der Waals surface area contributed by atoms with Gasteiger partial charge in [0.1, 0.15) is 5.75 Å². The Hall–Kier alpha value is -2.08. The minimum Gasteiger partial charge on any atom is -0.492 e. The Bertz CT molecular complexity index is 547. The quantitative estimate of drug-likeness (QED) is 0.680. The van der Waals surface area contributed by atoms with Crippen LogP contribution in [0, 0.1) is 11.8 Å². The summed E-state index contributed by atoms with van der Waals surface area (Å²) in [6.07, 6.45) is 1.37. The van der Waals surface area contributed by atoms with Gasteiger partial charge in [0.25, 0.3) is 0 Å². The number of hydrogen-bond donors (Lipinski definition) is 2. The second-order valence-electron chi connectivity index (χ2n) is 5.50. The maximum Gasteiger partial charge on any atom is 0.228 e. The zero-order chi connectivity index (χ0) is 16.7. The Morgan fingerprint density at radius 3 is 2.70 bits per heavy atom. The third-order valence-corrected chi connectivity index (χ3v) is 3.73. The molecule has 0 heterocycles. The van der Waals surface area contributed by atoms with Crippen LogP contribution in [0.3, 0.4) is 0 Å². The molecule has 2 amide bonds. The number of benzene rings is 1. The van der Waals surface area contributed by atoms with Gasteiger partial charge >= 0.3 is 0 Å². The van der Waals surface area contributed by atoms with Crippen molar-refractivity contribution in [2.75, 3.05) is 32.2 Å². The summed E-state index contributed by atoms with van der Waals surface area (Å²) in [4.78, 5) is 24.2. The molecule has 0 aliphatic heterocycles. The first-order chi connectivity index (χ1) is 11.2. The van der Waals surface area contributed by atoms with Crippen LogP contribution in [0.2, 0.25) is 0 Å². The predicted molar refractivity (Wildman–Crippen MR) is 87.3 cm³/mol. The van der Waals surface area contributed by atoms with Crippen LogP contribution in [-0.2, 0) is 14.3 Å². The van der Waals surface area contributed by atoms with Crippen LogP contribution >= 0.6 is 0 Å². The van der Waals surface area contributed by atoms with Gasteiger partial charge in [-0.05, 0) is 31.9 Å². The SMILES string of the molecule is CCOc1ccccc1NC(=O)C1CC1C(=O)NCCCOC. The largest absolute Gasteiger partial charge is 0.492 e. The predicted octanol–water partition coefficient (Wildman–Crippen LogP) is 1.81. The molecule has 1 aromatic rings. The van der Waals surface area contributed by atoms with Gasteiger partial charge in [0.15, 0.2) is 0 Å². The van der Waals surface area contributed by atoms with Crippen molar-refractivity contribution in [3.8, 4) is 5.75 Å². The lowest BCUT2D eigenvalue weighted by molar-refractivity contribution is -0.125. The average Bonchev–Trinajstić information content (AvgIpc) is 3.34. The van der Waals surface area contributed by atoms with Gasteiger partial charge in [0, 0.05) is 20.3 Å². The van der Waals surface area contributed by atoms with E-state index < -0.39 is 0 Å². The van der Waals surface area contributed by atoms with Crippen LogP contribution in [0.5, 0.6) is 5.75 Å². The van der Waals surface area contributed by atoms with Crippen molar-refractivity contribution in [2.24, 2.45) is 11.8 Å². The number of hydrogen-bond acceptors (Lipinski definition) is 4. The van der Waals surface area contributed by atoms with E-state index in [4.69, 9.17) is 9.47 Å². The Morgan fingerprint density at radius 2 is 1.96 bits per heavy atom. The molecule has 1 fully saturated rings. The first-order valence-corrected chi connectivity index (χ1v) is 7.96. The van der Waals surface area contributed by atoms with Crippen molar-refractivity contribution >= 4 is 17.5 Å². The van der Waals surface area contributed by atoms with E-state index in [1.807, 2.05) is 25.1 Å². The minimum absolute atomic E-state index is 0.0562. The van der Waals surface area contributed by atoms with Crippen LogP contribution in [0.1, 0.15) is 19.8 Å². The minimum atomic E-state index is -0.257. The lowest BCUT2D eigenvalue weighted by Gasteiger charge is -2.11. The number of amides is 2. The summed E-state index contributed by atoms with van der Waals surface area (Å²) in [7, 11) is 1.63. The zero-order valence-electron chi connectivity index (χ0n) is 13.6. The van der Waals surface area contributed by atoms with Gasteiger partial charge in [-0.1, -0.05) is 12.1 Å². The third kappa shape index (κ3) is 4.96. The standard InChI is InChI=1S/C17H24N2O4/c1-3-23-15-8-5-4-7-14(15)19-17(21)13-11-12(13)16(20)18-9-6-10-22-2/h4-5,7-8,12-13H,3,6,9-11H2,1-2H3,(H,18,20)(H,19,21). The van der Waals surface area contributed by atoms with E-state index in [-0.39, 0.29) is 23.7 Å². The zero-order valence-corrected chi connectivity index (χ0v) is 13.6. The molecule has 0 radical (unpaired) electrons. The lowest BCUT2D eigenvalue weighted by Crippen LogP contribution is -2.28. The van der Waals surface area contributed by atoms with Gasteiger partial charge in [0.05, 0.1) is 24.1 Å². The lowest BCUT2D eigenvalue weighted by atomic mass is 10.2. The number of anilines is 1. The van der Waals surface area contributed by atoms with Crippen molar-refractivity contribution in [3.63, 3.8) is 0 Å². The van der Waals surface area contributed by atoms with E-state index in [0.717, 1.165) is 6.42 Å². The summed E-state index contributed by atoms with van der Waals surface area (Å²) in [6.45, 7) is 3.61. The Kier molecular flexibility index (Phi) is 6.40. The average molecular weight is 320 g/mol. The summed E-state index contributed by atoms with van der Waals surface area (Å²) < 4.78 is 10.4. The molecule has 2 unspecified atom stereocenters. The number of rotatable bonds is 9. The van der Waals surface area contributed by atoms with Crippen LogP contribution in [-0.4, -0.2) is 38.7 Å². The van der Waals surface area contributed by atoms with E-state index >= 15 is 0 Å². The molecule has 2 atom stereocenters. The summed E-state index contributed by atoms with van der Waals surface area (Å²) in [5.74, 6) is -0.0259. The van der Waals surface area contributed by atoms with Gasteiger partial charge in [-0.3, -0.25) is 9.59 Å². The summed E-state index contributed by atoms with van der Waals surface area (Å²) in [6, 6.07) is 7.30. The maximum absolute atomic E-state index is 12.3. The van der Waals surface area contributed by atoms with Crippen LogP contribution < -0.4 is 15.4 Å². The Labute approximate surface area is 136 Å². The van der Waals surface area contributed by atoms with E-state index in [1.54, 1.807) is 13.2 Å². The van der Waals surface area contributed by atoms with Crippen molar-refractivity contribution < 1.29 is 19.1 Å². The Morgan fingerprint density at radius 1 is 1.22 bits per heavy atom. The van der Waals surface area contributed by atoms with Crippen LogP contribution in [0.4, 0.5) is 5.69 Å². The Balaban J connectivity index is 1.81. The van der Waals surface area contributed by atoms with Crippen LogP contribution in [0.25, 0.3) is 0 Å². The monoisotopic (exact) mass is 320 g/mol. The van der Waals surface area contributed by atoms with E-state index in [0.29, 0.717) is 37.6 Å². The van der Waals surface area contributed by atoms with Crippen molar-refractivity contribution in [1.82, 2.24) is 5.32 Å². The van der Waals surface area contributed by atoms with Crippen molar-refractivity contribution in [3.05, 3.63) is 24.3 Å².